The summed E-state index contributed by atoms with van der Waals surface area (Å²) in [5.41, 5.74) is 2.53. The van der Waals surface area contributed by atoms with Crippen LogP contribution in [0, 0.1) is 11.3 Å². The molecule has 1 aromatic carbocycles. The number of rotatable bonds is 2. The van der Waals surface area contributed by atoms with Crippen molar-refractivity contribution in [1.82, 2.24) is 14.8 Å². The van der Waals surface area contributed by atoms with Crippen molar-refractivity contribution >= 4 is 0 Å². The Hall–Kier alpha value is -2.19. The van der Waals surface area contributed by atoms with Gasteiger partial charge in [0.1, 0.15) is 18.5 Å². The van der Waals surface area contributed by atoms with Gasteiger partial charge in [-0.15, -0.1) is 5.10 Å². The van der Waals surface area contributed by atoms with E-state index in [2.05, 4.69) is 22.2 Å². The second-order valence-corrected chi connectivity index (χ2v) is 4.21. The molecule has 0 saturated carbocycles. The van der Waals surface area contributed by atoms with Gasteiger partial charge in [-0.25, -0.2) is 9.67 Å². The molecule has 0 amide bonds. The summed E-state index contributed by atoms with van der Waals surface area (Å²) >= 11 is 0. The Bertz CT molecular complexity index is 599. The maximum absolute atomic E-state index is 8.69. The highest BCUT2D eigenvalue weighted by atomic mass is 16.5. The van der Waals surface area contributed by atoms with Gasteiger partial charge in [0.2, 0.25) is 0 Å². The second-order valence-electron chi connectivity index (χ2n) is 4.21. The first kappa shape index (κ1) is 10.9. The maximum Gasteiger partial charge on any atom is 0.252 e. The highest BCUT2D eigenvalue weighted by Gasteiger charge is 2.21. The van der Waals surface area contributed by atoms with E-state index in [1.807, 2.05) is 18.2 Å². The Morgan fingerprint density at radius 1 is 1.44 bits per heavy atom. The Balaban J connectivity index is 1.84. The van der Waals surface area contributed by atoms with Crippen molar-refractivity contribution in [3.63, 3.8) is 0 Å². The number of hydrogen-bond acceptors (Lipinski definition) is 4. The first-order chi connectivity index (χ1) is 8.86. The molecule has 0 N–H and O–H groups in total. The Kier molecular flexibility index (Phi) is 2.79. The van der Waals surface area contributed by atoms with Gasteiger partial charge in [0, 0.05) is 0 Å². The average molecular weight is 240 g/mol. The standard InChI is InChI=1S/C13H12N4O/c14-7-13-15-9-17(16-13)8-12-11-4-2-1-3-10(11)5-6-18-12/h1-4,9,12H,5-6,8H2. The molecule has 0 aliphatic carbocycles. The molecule has 1 aliphatic heterocycles. The van der Waals surface area contributed by atoms with Crippen LogP contribution in [0.1, 0.15) is 23.1 Å². The first-order valence-electron chi connectivity index (χ1n) is 5.86. The third-order valence-corrected chi connectivity index (χ3v) is 3.08. The van der Waals surface area contributed by atoms with Crippen molar-refractivity contribution in [2.75, 3.05) is 6.61 Å². The lowest BCUT2D eigenvalue weighted by molar-refractivity contribution is 0.0282. The van der Waals surface area contributed by atoms with E-state index in [9.17, 15) is 0 Å². The molecule has 1 unspecified atom stereocenters. The largest absolute Gasteiger partial charge is 0.371 e. The minimum absolute atomic E-state index is 0.0109. The molecule has 0 spiro atoms. The van der Waals surface area contributed by atoms with Gasteiger partial charge in [-0.3, -0.25) is 0 Å². The number of ether oxygens (including phenoxy) is 1. The fraction of sp³-hybridized carbons (Fsp3) is 0.308. The number of benzene rings is 1. The summed E-state index contributed by atoms with van der Waals surface area (Å²) in [6.07, 6.45) is 2.51. The van der Waals surface area contributed by atoms with Crippen molar-refractivity contribution in [3.05, 3.63) is 47.5 Å². The van der Waals surface area contributed by atoms with E-state index < -0.39 is 0 Å². The molecule has 0 saturated heterocycles. The summed E-state index contributed by atoms with van der Waals surface area (Å²) in [7, 11) is 0. The zero-order valence-corrected chi connectivity index (χ0v) is 9.78. The maximum atomic E-state index is 8.69. The lowest BCUT2D eigenvalue weighted by Crippen LogP contribution is -2.20. The predicted molar refractivity (Wildman–Crippen MR) is 63.6 cm³/mol. The number of hydrogen-bond donors (Lipinski definition) is 0. The van der Waals surface area contributed by atoms with Crippen LogP contribution in [-0.4, -0.2) is 21.4 Å². The van der Waals surface area contributed by atoms with Crippen molar-refractivity contribution in [1.29, 1.82) is 5.26 Å². The summed E-state index contributed by atoms with van der Waals surface area (Å²) in [5.74, 6) is 0.194. The van der Waals surface area contributed by atoms with E-state index in [-0.39, 0.29) is 11.9 Å². The van der Waals surface area contributed by atoms with Crippen molar-refractivity contribution in [2.45, 2.75) is 19.1 Å². The van der Waals surface area contributed by atoms with Gasteiger partial charge in [-0.2, -0.15) is 5.26 Å². The topological polar surface area (TPSA) is 63.7 Å². The highest BCUT2D eigenvalue weighted by Crippen LogP contribution is 2.27. The third kappa shape index (κ3) is 1.98. The fourth-order valence-electron chi connectivity index (χ4n) is 2.23. The molecule has 2 aromatic rings. The van der Waals surface area contributed by atoms with Crippen LogP contribution in [0.2, 0.25) is 0 Å². The summed E-state index contributed by atoms with van der Waals surface area (Å²) in [4.78, 5) is 3.89. The molecule has 5 nitrogen and oxygen atoms in total. The Morgan fingerprint density at radius 3 is 3.17 bits per heavy atom. The van der Waals surface area contributed by atoms with E-state index >= 15 is 0 Å². The molecule has 1 aromatic heterocycles. The van der Waals surface area contributed by atoms with Crippen LogP contribution < -0.4 is 0 Å². The summed E-state index contributed by atoms with van der Waals surface area (Å²) < 4.78 is 7.44. The lowest BCUT2D eigenvalue weighted by atomic mass is 9.98. The quantitative estimate of drug-likeness (QED) is 0.797. The lowest BCUT2D eigenvalue weighted by Gasteiger charge is -2.25. The summed E-state index contributed by atoms with van der Waals surface area (Å²) in [5, 5.41) is 12.8. The molecule has 90 valence electrons. The first-order valence-corrected chi connectivity index (χ1v) is 5.86. The minimum Gasteiger partial charge on any atom is -0.371 e. The van der Waals surface area contributed by atoms with E-state index in [4.69, 9.17) is 10.00 Å². The average Bonchev–Trinajstić information content (AvgIpc) is 2.87. The zero-order valence-electron chi connectivity index (χ0n) is 9.78. The van der Waals surface area contributed by atoms with Crippen LogP contribution in [-0.2, 0) is 17.7 Å². The van der Waals surface area contributed by atoms with E-state index in [0.29, 0.717) is 6.54 Å². The molecule has 1 atom stereocenters. The van der Waals surface area contributed by atoms with E-state index in [1.54, 1.807) is 11.0 Å². The monoisotopic (exact) mass is 240 g/mol. The van der Waals surface area contributed by atoms with Crippen molar-refractivity contribution < 1.29 is 4.74 Å². The number of fused-ring (bicyclic) bond motifs is 1. The molecule has 0 radical (unpaired) electrons. The van der Waals surface area contributed by atoms with E-state index in [1.165, 1.54) is 11.1 Å². The van der Waals surface area contributed by atoms with Gasteiger partial charge in [0.05, 0.1) is 13.2 Å². The smallest absolute Gasteiger partial charge is 0.252 e. The minimum atomic E-state index is -0.0109. The Morgan fingerprint density at radius 2 is 2.33 bits per heavy atom. The fourth-order valence-corrected chi connectivity index (χ4v) is 2.23. The van der Waals surface area contributed by atoms with Gasteiger partial charge in [-0.05, 0) is 17.5 Å². The van der Waals surface area contributed by atoms with Crippen LogP contribution in [0.25, 0.3) is 0 Å². The van der Waals surface area contributed by atoms with Gasteiger partial charge in [0.25, 0.3) is 5.82 Å². The third-order valence-electron chi connectivity index (χ3n) is 3.08. The van der Waals surface area contributed by atoms with Crippen LogP contribution in [0.15, 0.2) is 30.6 Å². The highest BCUT2D eigenvalue weighted by molar-refractivity contribution is 5.30. The molecule has 0 fully saturated rings. The van der Waals surface area contributed by atoms with Crippen molar-refractivity contribution in [2.24, 2.45) is 0 Å². The molecular formula is C13H12N4O. The summed E-state index contributed by atoms with van der Waals surface area (Å²) in [6, 6.07) is 10.2. The van der Waals surface area contributed by atoms with Crippen molar-refractivity contribution in [3.8, 4) is 6.07 Å². The van der Waals surface area contributed by atoms with Crippen LogP contribution >= 0.6 is 0 Å². The SMILES string of the molecule is N#Cc1ncn(CC2OCCc3ccccc32)n1. The molecule has 0 bridgehead atoms. The molecule has 2 heterocycles. The molecule has 5 heteroatoms. The van der Waals surface area contributed by atoms with Crippen LogP contribution in [0.5, 0.6) is 0 Å². The predicted octanol–water partition coefficient (Wildman–Crippen LogP) is 1.46. The van der Waals surface area contributed by atoms with Gasteiger partial charge >= 0.3 is 0 Å². The van der Waals surface area contributed by atoms with Gasteiger partial charge < -0.3 is 4.74 Å². The van der Waals surface area contributed by atoms with E-state index in [0.717, 1.165) is 13.0 Å². The molecule has 18 heavy (non-hydrogen) atoms. The van der Waals surface area contributed by atoms with Gasteiger partial charge in [-0.1, -0.05) is 24.3 Å². The molecular weight excluding hydrogens is 228 g/mol. The van der Waals surface area contributed by atoms with Crippen LogP contribution in [0.4, 0.5) is 0 Å². The molecule has 3 rings (SSSR count). The zero-order chi connectivity index (χ0) is 12.4. The number of nitrogens with zero attached hydrogens (tertiary/aromatic N) is 4. The normalized spacial score (nSPS) is 18.1. The number of nitriles is 1. The second kappa shape index (κ2) is 4.59. The Labute approximate surface area is 105 Å². The number of aromatic nitrogens is 3. The summed E-state index contributed by atoms with van der Waals surface area (Å²) in [6.45, 7) is 1.31. The van der Waals surface area contributed by atoms with Gasteiger partial charge in [0.15, 0.2) is 0 Å². The molecule has 1 aliphatic rings. The van der Waals surface area contributed by atoms with Crippen LogP contribution in [0.3, 0.4) is 0 Å².